The number of hydrogen-bond acceptors (Lipinski definition) is 7. The molecule has 7 atom stereocenters. The molecule has 2 aromatic rings. The molecule has 10 nitrogen and oxygen atoms in total. The van der Waals surface area contributed by atoms with Crippen molar-refractivity contribution in [2.24, 2.45) is 22.1 Å². The Morgan fingerprint density at radius 2 is 1.98 bits per heavy atom. The molecule has 2 aliphatic carbocycles. The number of rotatable bonds is 3. The molecule has 2 aromatic carbocycles. The lowest BCUT2D eigenvalue weighted by Crippen LogP contribution is -2.49. The van der Waals surface area contributed by atoms with Crippen LogP contribution in [0.5, 0.6) is 5.75 Å². The van der Waals surface area contributed by atoms with Crippen molar-refractivity contribution >= 4 is 39.1 Å². The van der Waals surface area contributed by atoms with Gasteiger partial charge in [-0.1, -0.05) is 36.7 Å². The predicted molar refractivity (Wildman–Crippen MR) is 195 cm³/mol. The number of benzene rings is 2. The number of amides is 3. The summed E-state index contributed by atoms with van der Waals surface area (Å²) in [5, 5.41) is 0.744. The van der Waals surface area contributed by atoms with E-state index in [1.165, 1.54) is 11.1 Å². The first kappa shape index (κ1) is 35.3. The number of anilines is 1. The van der Waals surface area contributed by atoms with Gasteiger partial charge >= 0.3 is 6.03 Å². The smallest absolute Gasteiger partial charge is 0.329 e. The number of methoxy groups -OCH3 is 2. The Labute approximate surface area is 301 Å². The molecule has 0 aromatic heterocycles. The van der Waals surface area contributed by atoms with Crippen LogP contribution < -0.4 is 14.4 Å². The van der Waals surface area contributed by atoms with Gasteiger partial charge in [0.1, 0.15) is 15.7 Å². The van der Waals surface area contributed by atoms with E-state index in [1.807, 2.05) is 25.1 Å². The molecule has 5 aliphatic rings. The van der Waals surface area contributed by atoms with E-state index in [0.717, 1.165) is 55.9 Å². The summed E-state index contributed by atoms with van der Waals surface area (Å²) >= 11 is 6.46. The summed E-state index contributed by atoms with van der Waals surface area (Å²) in [7, 11) is -0.0932. The van der Waals surface area contributed by atoms with Crippen molar-refractivity contribution in [1.29, 1.82) is 0 Å². The van der Waals surface area contributed by atoms with Gasteiger partial charge in [0.15, 0.2) is 0 Å². The summed E-state index contributed by atoms with van der Waals surface area (Å²) < 4.78 is 39.6. The first-order chi connectivity index (χ1) is 24.1. The fraction of sp³-hybridized carbons (Fsp3) is 0.579. The third-order valence-corrected chi connectivity index (χ3v) is 13.7. The third kappa shape index (κ3) is 7.16. The Morgan fingerprint density at radius 3 is 2.74 bits per heavy atom. The Bertz CT molecular complexity index is 1780. The van der Waals surface area contributed by atoms with Crippen molar-refractivity contribution in [3.8, 4) is 5.75 Å². The molecule has 7 rings (SSSR count). The molecule has 1 saturated carbocycles. The van der Waals surface area contributed by atoms with Crippen LogP contribution in [0.15, 0.2) is 52.9 Å². The van der Waals surface area contributed by atoms with Crippen LogP contribution in [0.2, 0.25) is 5.02 Å². The Kier molecular flexibility index (Phi) is 10.2. The van der Waals surface area contributed by atoms with Gasteiger partial charge in [0.05, 0.1) is 30.3 Å². The quantitative estimate of drug-likeness (QED) is 0.365. The molecule has 270 valence electrons. The molecule has 3 aliphatic heterocycles. The van der Waals surface area contributed by atoms with Crippen LogP contribution in [0, 0.1) is 17.8 Å². The number of ether oxygens (including phenoxy) is 3. The van der Waals surface area contributed by atoms with Gasteiger partial charge in [-0.15, -0.1) is 4.36 Å². The molecule has 1 spiro atoms. The number of carbonyl (C=O) groups is 2. The van der Waals surface area contributed by atoms with E-state index >= 15 is 0 Å². The zero-order valence-electron chi connectivity index (χ0n) is 29.3. The minimum Gasteiger partial charge on any atom is -0.490 e. The molecule has 50 heavy (non-hydrogen) atoms. The third-order valence-electron chi connectivity index (χ3n) is 11.5. The lowest BCUT2D eigenvalue weighted by atomic mass is 9.68. The predicted octanol–water partition coefficient (Wildman–Crippen LogP) is 6.40. The number of hydrogen-bond donors (Lipinski definition) is 1. The molecular weight excluding hydrogens is 676 g/mol. The molecule has 1 unspecified atom stereocenters. The van der Waals surface area contributed by atoms with Crippen molar-refractivity contribution < 1.29 is 28.0 Å². The summed E-state index contributed by atoms with van der Waals surface area (Å²) in [6.45, 7) is 4.86. The van der Waals surface area contributed by atoms with E-state index in [2.05, 4.69) is 38.3 Å². The van der Waals surface area contributed by atoms with Gasteiger partial charge in [0, 0.05) is 56.4 Å². The van der Waals surface area contributed by atoms with Crippen molar-refractivity contribution in [3.63, 3.8) is 0 Å². The normalized spacial score (nSPS) is 33.3. The maximum absolute atomic E-state index is 14.5. The van der Waals surface area contributed by atoms with E-state index in [0.29, 0.717) is 55.7 Å². The summed E-state index contributed by atoms with van der Waals surface area (Å²) in [6.07, 6.45) is 10.6. The van der Waals surface area contributed by atoms with Crippen LogP contribution in [-0.4, -0.2) is 86.0 Å². The molecule has 3 heterocycles. The number of halogens is 1. The Balaban J connectivity index is 1.28. The Hall–Kier alpha value is -3.12. The van der Waals surface area contributed by atoms with E-state index in [4.69, 9.17) is 25.8 Å². The number of fused-ring (bicyclic) bond motifs is 4. The van der Waals surface area contributed by atoms with Crippen LogP contribution >= 0.6 is 11.6 Å². The highest BCUT2D eigenvalue weighted by atomic mass is 35.5. The minimum absolute atomic E-state index is 0.0339. The Morgan fingerprint density at radius 1 is 1.12 bits per heavy atom. The van der Waals surface area contributed by atoms with E-state index in [-0.39, 0.29) is 29.3 Å². The lowest BCUT2D eigenvalue weighted by Gasteiger charge is -2.46. The number of likely N-dealkylation sites (tertiary alicyclic amines) is 1. The monoisotopic (exact) mass is 724 g/mol. The second kappa shape index (κ2) is 14.5. The molecule has 2 bridgehead atoms. The van der Waals surface area contributed by atoms with Gasteiger partial charge in [-0.3, -0.25) is 9.52 Å². The fourth-order valence-corrected chi connectivity index (χ4v) is 10.8. The zero-order valence-corrected chi connectivity index (χ0v) is 30.8. The second-order valence-corrected chi connectivity index (χ2v) is 17.4. The average Bonchev–Trinajstić information content (AvgIpc) is 3.52. The van der Waals surface area contributed by atoms with E-state index < -0.39 is 21.9 Å². The number of nitrogens with zero attached hydrogens (tertiary/aromatic N) is 3. The highest BCUT2D eigenvalue weighted by Crippen LogP contribution is 2.47. The largest absolute Gasteiger partial charge is 0.490 e. The van der Waals surface area contributed by atoms with Gasteiger partial charge in [0.2, 0.25) is 0 Å². The van der Waals surface area contributed by atoms with Crippen LogP contribution in [-0.2, 0) is 31.2 Å². The average molecular weight is 725 g/mol. The number of urea groups is 1. The maximum atomic E-state index is 14.5. The summed E-state index contributed by atoms with van der Waals surface area (Å²) in [5.41, 5.74) is 3.44. The number of allylic oxidation sites excluding steroid dienone is 1. The van der Waals surface area contributed by atoms with Crippen molar-refractivity contribution in [3.05, 3.63) is 70.3 Å². The number of aryl methyl sites for hydroxylation is 1. The molecule has 0 radical (unpaired) electrons. The van der Waals surface area contributed by atoms with E-state index in [1.54, 1.807) is 25.2 Å². The number of nitrogens with one attached hydrogen (secondary N) is 1. The summed E-state index contributed by atoms with van der Waals surface area (Å²) in [4.78, 5) is 31.3. The van der Waals surface area contributed by atoms with Crippen LogP contribution in [0.4, 0.5) is 10.5 Å². The van der Waals surface area contributed by atoms with Gasteiger partial charge in [-0.25, -0.2) is 9.00 Å². The number of carbonyl (C=O) groups excluding carboxylic acids is 2. The SMILES string of the molecule is CO[C@H]1CCN(C(=O)NS2(=O)=NC(=O)c3ccc4c(c3)N(C[C@@H]3CC[C@H]3[C@@H](OC)/C=C/C[C@H](C)C2)C[C@@]2(CCCc3cc(Cl)ccc32)CO4)C1. The molecular formula is C38H49ClN4O6S. The van der Waals surface area contributed by atoms with Crippen LogP contribution in [0.1, 0.15) is 66.9 Å². The highest BCUT2D eigenvalue weighted by Gasteiger charge is 2.44. The van der Waals surface area contributed by atoms with Gasteiger partial charge in [-0.2, -0.15) is 0 Å². The molecule has 12 heteroatoms. The first-order valence-corrected chi connectivity index (χ1v) is 20.0. The van der Waals surface area contributed by atoms with Crippen molar-refractivity contribution in [2.45, 2.75) is 69.5 Å². The van der Waals surface area contributed by atoms with Gasteiger partial charge in [-0.05, 0) is 104 Å². The fourth-order valence-electron chi connectivity index (χ4n) is 8.67. The maximum Gasteiger partial charge on any atom is 0.329 e. The molecule has 3 amide bonds. The first-order valence-electron chi connectivity index (χ1n) is 18.0. The lowest BCUT2D eigenvalue weighted by molar-refractivity contribution is 0.0131. The molecule has 2 fully saturated rings. The van der Waals surface area contributed by atoms with Crippen LogP contribution in [0.3, 0.4) is 0 Å². The highest BCUT2D eigenvalue weighted by molar-refractivity contribution is 7.92. The minimum atomic E-state index is -3.48. The van der Waals surface area contributed by atoms with Gasteiger partial charge in [0.25, 0.3) is 5.91 Å². The zero-order chi connectivity index (χ0) is 35.0. The van der Waals surface area contributed by atoms with E-state index in [9.17, 15) is 13.8 Å². The molecule has 1 N–H and O–H groups in total. The van der Waals surface area contributed by atoms with Gasteiger partial charge < -0.3 is 24.0 Å². The summed E-state index contributed by atoms with van der Waals surface area (Å²) in [6, 6.07) is 11.1. The van der Waals surface area contributed by atoms with Crippen molar-refractivity contribution in [1.82, 2.24) is 9.62 Å². The summed E-state index contributed by atoms with van der Waals surface area (Å²) in [5.74, 6) is 0.744. The standard InChI is InChI=1S/C38H49ClN4O6S/c1-25-6-4-8-34(48-3)31-12-9-28(31)20-43-23-38(16-5-7-26-18-29(39)11-13-32(26)38)24-49-35-14-10-27(19-33(35)43)36(44)40-50(46,22-25)41-37(45)42-17-15-30(21-42)47-2/h4,8,10-11,13-14,18-19,25,28,30-31,34H,5-7,9,12,15-17,20-24H2,1-3H3,(H,40,41,44,45,46)/b8-4+/t25-,28-,30-,31+,34-,38-,50?/m0/s1. The topological polar surface area (TPSA) is 110 Å². The second-order valence-electron chi connectivity index (χ2n) is 15.0. The molecule has 1 saturated heterocycles. The van der Waals surface area contributed by atoms with Crippen molar-refractivity contribution in [2.75, 3.05) is 57.7 Å². The van der Waals surface area contributed by atoms with Crippen LogP contribution in [0.25, 0.3) is 0 Å².